The van der Waals surface area contributed by atoms with E-state index in [2.05, 4.69) is 17.6 Å². The molecule has 2 rings (SSSR count). The van der Waals surface area contributed by atoms with Crippen LogP contribution in [0.4, 0.5) is 11.4 Å². The van der Waals surface area contributed by atoms with Crippen LogP contribution in [0.1, 0.15) is 56.3 Å². The molecule has 2 unspecified atom stereocenters. The van der Waals surface area contributed by atoms with Crippen LogP contribution in [0.25, 0.3) is 0 Å². The lowest BCUT2D eigenvalue weighted by Crippen LogP contribution is -2.23. The lowest BCUT2D eigenvalue weighted by Gasteiger charge is -2.19. The minimum absolute atomic E-state index is 0.0703. The summed E-state index contributed by atoms with van der Waals surface area (Å²) in [6, 6.07) is 6.01. The van der Waals surface area contributed by atoms with Crippen LogP contribution < -0.4 is 16.4 Å². The third kappa shape index (κ3) is 4.38. The minimum Gasteiger partial charge on any atom is -0.397 e. The Kier molecular flexibility index (Phi) is 5.48. The molecule has 0 bridgehead atoms. The zero-order valence-electron chi connectivity index (χ0n) is 13.1. The monoisotopic (exact) mass is 289 g/mol. The summed E-state index contributed by atoms with van der Waals surface area (Å²) >= 11 is 0. The fourth-order valence-electron chi connectivity index (χ4n) is 2.95. The zero-order chi connectivity index (χ0) is 15.2. The Morgan fingerprint density at radius 1 is 1.29 bits per heavy atom. The topological polar surface area (TPSA) is 67.2 Å². The van der Waals surface area contributed by atoms with Crippen LogP contribution in [0.3, 0.4) is 0 Å². The second-order valence-corrected chi connectivity index (χ2v) is 6.12. The zero-order valence-corrected chi connectivity index (χ0v) is 13.1. The first-order valence-electron chi connectivity index (χ1n) is 8.04. The summed E-state index contributed by atoms with van der Waals surface area (Å²) in [6.07, 6.45) is 6.26. The van der Waals surface area contributed by atoms with Gasteiger partial charge in [-0.05, 0) is 50.3 Å². The predicted octanol–water partition coefficient (Wildman–Crippen LogP) is 3.40. The number of nitrogens with one attached hydrogen (secondary N) is 2. The van der Waals surface area contributed by atoms with E-state index in [1.807, 2.05) is 19.1 Å². The number of benzene rings is 1. The fourth-order valence-corrected chi connectivity index (χ4v) is 2.95. The van der Waals surface area contributed by atoms with Gasteiger partial charge in [0.25, 0.3) is 5.91 Å². The standard InChI is InChI=1S/C17H27N3O/c1-3-19-17(21)13-8-10-16(15(18)11-13)20-14-6-4-5-12(2)7-9-14/h8,10-12,14,20H,3-7,9,18H2,1-2H3,(H,19,21). The van der Waals surface area contributed by atoms with E-state index >= 15 is 0 Å². The summed E-state index contributed by atoms with van der Waals surface area (Å²) in [4.78, 5) is 11.8. The Hall–Kier alpha value is -1.71. The smallest absolute Gasteiger partial charge is 0.251 e. The SMILES string of the molecule is CCNC(=O)c1ccc(NC2CCCC(C)CC2)c(N)c1. The number of rotatable bonds is 4. The molecular formula is C17H27N3O. The second-order valence-electron chi connectivity index (χ2n) is 6.12. The molecule has 0 heterocycles. The summed E-state index contributed by atoms with van der Waals surface area (Å²) < 4.78 is 0. The highest BCUT2D eigenvalue weighted by Gasteiger charge is 2.17. The maximum atomic E-state index is 11.8. The third-order valence-corrected chi connectivity index (χ3v) is 4.27. The molecular weight excluding hydrogens is 262 g/mol. The van der Waals surface area contributed by atoms with E-state index in [4.69, 9.17) is 5.73 Å². The summed E-state index contributed by atoms with van der Waals surface area (Å²) in [5, 5.41) is 6.34. The number of amides is 1. The molecule has 1 aromatic carbocycles. The summed E-state index contributed by atoms with van der Waals surface area (Å²) in [5.41, 5.74) is 8.31. The molecule has 0 aromatic heterocycles. The molecule has 4 heteroatoms. The van der Waals surface area contributed by atoms with Crippen molar-refractivity contribution in [3.63, 3.8) is 0 Å². The molecule has 0 aliphatic heterocycles. The number of hydrogen-bond donors (Lipinski definition) is 3. The van der Waals surface area contributed by atoms with Crippen molar-refractivity contribution >= 4 is 17.3 Å². The summed E-state index contributed by atoms with van der Waals surface area (Å²) in [6.45, 7) is 4.86. The largest absolute Gasteiger partial charge is 0.397 e. The maximum Gasteiger partial charge on any atom is 0.251 e. The highest BCUT2D eigenvalue weighted by atomic mass is 16.1. The van der Waals surface area contributed by atoms with Crippen LogP contribution in [0.15, 0.2) is 18.2 Å². The van der Waals surface area contributed by atoms with E-state index in [0.29, 0.717) is 23.8 Å². The predicted molar refractivity (Wildman–Crippen MR) is 88.5 cm³/mol. The van der Waals surface area contributed by atoms with Gasteiger partial charge in [-0.25, -0.2) is 0 Å². The van der Waals surface area contributed by atoms with Gasteiger partial charge in [0.2, 0.25) is 0 Å². The number of carbonyl (C=O) groups excluding carboxylic acids is 1. The lowest BCUT2D eigenvalue weighted by molar-refractivity contribution is 0.0956. The minimum atomic E-state index is -0.0703. The van der Waals surface area contributed by atoms with Gasteiger partial charge in [0, 0.05) is 18.2 Å². The first-order chi connectivity index (χ1) is 10.1. The van der Waals surface area contributed by atoms with Crippen molar-refractivity contribution in [3.8, 4) is 0 Å². The molecule has 1 saturated carbocycles. The van der Waals surface area contributed by atoms with E-state index in [0.717, 1.165) is 11.6 Å². The molecule has 2 atom stereocenters. The molecule has 1 aromatic rings. The Morgan fingerprint density at radius 2 is 2.10 bits per heavy atom. The van der Waals surface area contributed by atoms with E-state index in [1.54, 1.807) is 6.07 Å². The first-order valence-corrected chi connectivity index (χ1v) is 8.04. The van der Waals surface area contributed by atoms with Crippen LogP contribution >= 0.6 is 0 Å². The number of nitrogens with two attached hydrogens (primary N) is 1. The molecule has 1 aliphatic rings. The van der Waals surface area contributed by atoms with Crippen molar-refractivity contribution in [2.75, 3.05) is 17.6 Å². The van der Waals surface area contributed by atoms with Crippen molar-refractivity contribution in [1.82, 2.24) is 5.32 Å². The van der Waals surface area contributed by atoms with E-state index < -0.39 is 0 Å². The fraction of sp³-hybridized carbons (Fsp3) is 0.588. The Morgan fingerprint density at radius 3 is 2.81 bits per heavy atom. The maximum absolute atomic E-state index is 11.8. The molecule has 21 heavy (non-hydrogen) atoms. The van der Waals surface area contributed by atoms with Crippen LogP contribution in [-0.2, 0) is 0 Å². The summed E-state index contributed by atoms with van der Waals surface area (Å²) in [5.74, 6) is 0.758. The van der Waals surface area contributed by atoms with Gasteiger partial charge in [-0.2, -0.15) is 0 Å². The molecule has 116 valence electrons. The average Bonchev–Trinajstić information content (AvgIpc) is 2.66. The van der Waals surface area contributed by atoms with Crippen molar-refractivity contribution in [2.45, 2.75) is 52.0 Å². The molecule has 0 radical (unpaired) electrons. The highest BCUT2D eigenvalue weighted by molar-refractivity contribution is 5.96. The molecule has 1 aliphatic carbocycles. The van der Waals surface area contributed by atoms with Crippen molar-refractivity contribution < 1.29 is 4.79 Å². The van der Waals surface area contributed by atoms with Gasteiger partial charge < -0.3 is 16.4 Å². The second kappa shape index (κ2) is 7.34. The van der Waals surface area contributed by atoms with E-state index in [-0.39, 0.29) is 5.91 Å². The number of carbonyl (C=O) groups is 1. The quantitative estimate of drug-likeness (QED) is 0.588. The van der Waals surface area contributed by atoms with Crippen molar-refractivity contribution in [1.29, 1.82) is 0 Å². The van der Waals surface area contributed by atoms with Gasteiger partial charge in [-0.3, -0.25) is 4.79 Å². The lowest BCUT2D eigenvalue weighted by atomic mass is 10.0. The molecule has 0 saturated heterocycles. The average molecular weight is 289 g/mol. The van der Waals surface area contributed by atoms with Crippen LogP contribution in [0, 0.1) is 5.92 Å². The van der Waals surface area contributed by atoms with Gasteiger partial charge in [0.05, 0.1) is 11.4 Å². The molecule has 0 spiro atoms. The van der Waals surface area contributed by atoms with Crippen LogP contribution in [0.2, 0.25) is 0 Å². The Bertz CT molecular complexity index is 487. The van der Waals surface area contributed by atoms with Crippen LogP contribution in [0.5, 0.6) is 0 Å². The molecule has 1 fully saturated rings. The van der Waals surface area contributed by atoms with Crippen molar-refractivity contribution in [3.05, 3.63) is 23.8 Å². The number of anilines is 2. The van der Waals surface area contributed by atoms with Gasteiger partial charge >= 0.3 is 0 Å². The van der Waals surface area contributed by atoms with Crippen LogP contribution in [-0.4, -0.2) is 18.5 Å². The van der Waals surface area contributed by atoms with Gasteiger partial charge in [0.1, 0.15) is 0 Å². The molecule has 4 nitrogen and oxygen atoms in total. The van der Waals surface area contributed by atoms with E-state index in [9.17, 15) is 4.79 Å². The molecule has 1 amide bonds. The first kappa shape index (κ1) is 15.7. The molecule has 4 N–H and O–H groups in total. The van der Waals surface area contributed by atoms with Gasteiger partial charge in [0.15, 0.2) is 0 Å². The van der Waals surface area contributed by atoms with Gasteiger partial charge in [-0.15, -0.1) is 0 Å². The van der Waals surface area contributed by atoms with E-state index in [1.165, 1.54) is 32.1 Å². The Balaban J connectivity index is 2.02. The number of nitrogen functional groups attached to an aromatic ring is 1. The summed E-state index contributed by atoms with van der Waals surface area (Å²) in [7, 11) is 0. The van der Waals surface area contributed by atoms with Crippen molar-refractivity contribution in [2.24, 2.45) is 5.92 Å². The third-order valence-electron chi connectivity index (χ3n) is 4.27. The highest BCUT2D eigenvalue weighted by Crippen LogP contribution is 2.27. The Labute approximate surface area is 127 Å². The number of hydrogen-bond acceptors (Lipinski definition) is 3. The normalized spacial score (nSPS) is 22.4. The van der Waals surface area contributed by atoms with Gasteiger partial charge in [-0.1, -0.05) is 19.8 Å².